The van der Waals surface area contributed by atoms with E-state index in [1.165, 1.54) is 4.90 Å². The third kappa shape index (κ3) is 10.2. The summed E-state index contributed by atoms with van der Waals surface area (Å²) in [4.78, 5) is 17.6. The number of carbonyl (C=O) groups excluding carboxylic acids is 1. The molecular weight excluding hydrogens is 511 g/mol. The zero-order valence-corrected chi connectivity index (χ0v) is 19.8. The zero-order valence-electron chi connectivity index (χ0n) is 15.9. The number of amides is 1. The van der Waals surface area contributed by atoms with E-state index in [-0.39, 0.29) is 42.5 Å². The lowest BCUT2D eigenvalue weighted by atomic mass is 10.3. The minimum absolute atomic E-state index is 0. The molecule has 0 saturated heterocycles. The van der Waals surface area contributed by atoms with E-state index in [1.54, 1.807) is 14.1 Å². The lowest BCUT2D eigenvalue weighted by Gasteiger charge is -2.19. The van der Waals surface area contributed by atoms with Crippen LogP contribution >= 0.6 is 39.9 Å². The Morgan fingerprint density at radius 3 is 2.62 bits per heavy atom. The maximum Gasteiger partial charge on any atom is 0.243 e. The Bertz CT molecular complexity index is 570. The molecule has 1 rings (SSSR count). The highest BCUT2D eigenvalue weighted by atomic mass is 127. The highest BCUT2D eigenvalue weighted by molar-refractivity contribution is 14.0. The first kappa shape index (κ1) is 25.0. The molecule has 0 aliphatic rings. The van der Waals surface area contributed by atoms with Crippen molar-refractivity contribution in [3.05, 3.63) is 28.7 Å². The molecule has 0 saturated carbocycles. The fourth-order valence-corrected chi connectivity index (χ4v) is 2.26. The number of ether oxygens (including phenoxy) is 1. The second-order valence-electron chi connectivity index (χ2n) is 5.97. The summed E-state index contributed by atoms with van der Waals surface area (Å²) in [7, 11) is 3.45. The van der Waals surface area contributed by atoms with Gasteiger partial charge in [-0.05, 0) is 41.4 Å². The summed E-state index contributed by atoms with van der Waals surface area (Å²) in [5.41, 5.74) is 0. The monoisotopic (exact) mass is 540 g/mol. The molecule has 6 nitrogen and oxygen atoms in total. The Morgan fingerprint density at radius 1 is 1.31 bits per heavy atom. The van der Waals surface area contributed by atoms with Crippen LogP contribution in [0.2, 0.25) is 0 Å². The molecule has 1 amide bonds. The third-order valence-corrected chi connectivity index (χ3v) is 4.07. The molecule has 8 heteroatoms. The van der Waals surface area contributed by atoms with Gasteiger partial charge in [0.2, 0.25) is 5.91 Å². The van der Waals surface area contributed by atoms with Crippen molar-refractivity contribution in [2.75, 3.05) is 33.7 Å². The fourth-order valence-electron chi connectivity index (χ4n) is 1.89. The second kappa shape index (κ2) is 14.1. The second-order valence-corrected chi connectivity index (χ2v) is 6.83. The predicted molar refractivity (Wildman–Crippen MR) is 122 cm³/mol. The summed E-state index contributed by atoms with van der Waals surface area (Å²) in [6, 6.07) is 7.75. The predicted octanol–water partition coefficient (Wildman–Crippen LogP) is 3.26. The Balaban J connectivity index is 0.00000625. The molecule has 2 N–H and O–H groups in total. The lowest BCUT2D eigenvalue weighted by molar-refractivity contribution is -0.127. The molecular formula is C18H30BrIN4O2. The maximum absolute atomic E-state index is 11.7. The molecule has 0 aliphatic heterocycles. The van der Waals surface area contributed by atoms with Crippen LogP contribution in [0.1, 0.15) is 26.7 Å². The van der Waals surface area contributed by atoms with Gasteiger partial charge >= 0.3 is 0 Å². The standard InChI is InChI=1S/C18H29BrN4O2.HI/c1-5-6-11-20-18(22-13-17(24)23(3)4)21-12-14(2)25-16-10-8-7-9-15(16)19;/h7-10,14H,5-6,11-13H2,1-4H3,(H2,20,21,22);1H. The van der Waals surface area contributed by atoms with Crippen molar-refractivity contribution in [3.63, 3.8) is 0 Å². The summed E-state index contributed by atoms with van der Waals surface area (Å²) >= 11 is 3.48. The van der Waals surface area contributed by atoms with Crippen LogP contribution in [0.5, 0.6) is 5.75 Å². The number of rotatable bonds is 9. The minimum atomic E-state index is -0.0542. The summed E-state index contributed by atoms with van der Waals surface area (Å²) in [6.07, 6.45) is 2.09. The van der Waals surface area contributed by atoms with E-state index in [9.17, 15) is 4.79 Å². The van der Waals surface area contributed by atoms with Gasteiger partial charge in [0.05, 0.1) is 11.0 Å². The molecule has 0 heterocycles. The number of halogens is 2. The van der Waals surface area contributed by atoms with Gasteiger partial charge in [-0.2, -0.15) is 0 Å². The first-order valence-corrected chi connectivity index (χ1v) is 9.36. The van der Waals surface area contributed by atoms with E-state index in [1.807, 2.05) is 31.2 Å². The number of likely N-dealkylation sites (N-methyl/N-ethyl adjacent to an activating group) is 1. The van der Waals surface area contributed by atoms with Crippen molar-refractivity contribution in [1.29, 1.82) is 0 Å². The van der Waals surface area contributed by atoms with E-state index in [0.717, 1.165) is 29.6 Å². The molecule has 26 heavy (non-hydrogen) atoms. The summed E-state index contributed by atoms with van der Waals surface area (Å²) in [6.45, 7) is 5.64. The van der Waals surface area contributed by atoms with Crippen molar-refractivity contribution in [3.8, 4) is 5.75 Å². The highest BCUT2D eigenvalue weighted by Crippen LogP contribution is 2.24. The Labute approximate surface area is 182 Å². The van der Waals surface area contributed by atoms with Crippen LogP contribution in [-0.2, 0) is 4.79 Å². The number of hydrogen-bond donors (Lipinski definition) is 2. The van der Waals surface area contributed by atoms with Crippen LogP contribution < -0.4 is 15.4 Å². The quantitative estimate of drug-likeness (QED) is 0.218. The molecule has 0 aliphatic carbocycles. The third-order valence-electron chi connectivity index (χ3n) is 3.42. The van der Waals surface area contributed by atoms with Gasteiger partial charge in [0, 0.05) is 20.6 Å². The number of para-hydroxylation sites is 1. The average Bonchev–Trinajstić information content (AvgIpc) is 2.58. The van der Waals surface area contributed by atoms with Gasteiger partial charge in [-0.1, -0.05) is 25.5 Å². The van der Waals surface area contributed by atoms with Crippen molar-refractivity contribution in [1.82, 2.24) is 15.5 Å². The summed E-state index contributed by atoms with van der Waals surface area (Å²) in [5, 5.41) is 6.49. The molecule has 1 aromatic rings. The van der Waals surface area contributed by atoms with Gasteiger partial charge < -0.3 is 20.3 Å². The molecule has 148 valence electrons. The van der Waals surface area contributed by atoms with Gasteiger partial charge in [0.15, 0.2) is 5.96 Å². The van der Waals surface area contributed by atoms with E-state index in [0.29, 0.717) is 12.5 Å². The van der Waals surface area contributed by atoms with Crippen LogP contribution in [0.15, 0.2) is 33.7 Å². The van der Waals surface area contributed by atoms with E-state index in [4.69, 9.17) is 4.74 Å². The highest BCUT2D eigenvalue weighted by Gasteiger charge is 2.09. The number of guanidine groups is 1. The molecule has 0 radical (unpaired) electrons. The van der Waals surface area contributed by atoms with Gasteiger partial charge in [-0.25, -0.2) is 4.99 Å². The molecule has 1 unspecified atom stereocenters. The van der Waals surface area contributed by atoms with E-state index >= 15 is 0 Å². The number of unbranched alkanes of at least 4 members (excludes halogenated alkanes) is 1. The minimum Gasteiger partial charge on any atom is -0.488 e. The van der Waals surface area contributed by atoms with Crippen molar-refractivity contribution in [2.24, 2.45) is 4.99 Å². The molecule has 0 fully saturated rings. The first-order chi connectivity index (χ1) is 11.9. The Hall–Kier alpha value is -1.03. The molecule has 0 bridgehead atoms. The smallest absolute Gasteiger partial charge is 0.243 e. The Morgan fingerprint density at radius 2 is 2.00 bits per heavy atom. The van der Waals surface area contributed by atoms with Crippen LogP contribution in [0.25, 0.3) is 0 Å². The van der Waals surface area contributed by atoms with Gasteiger partial charge in [0.25, 0.3) is 0 Å². The van der Waals surface area contributed by atoms with Crippen LogP contribution in [0.3, 0.4) is 0 Å². The lowest BCUT2D eigenvalue weighted by Crippen LogP contribution is -2.43. The molecule has 0 spiro atoms. The number of nitrogens with one attached hydrogen (secondary N) is 2. The molecule has 1 atom stereocenters. The van der Waals surface area contributed by atoms with Crippen molar-refractivity contribution < 1.29 is 9.53 Å². The molecule has 0 aromatic heterocycles. The van der Waals surface area contributed by atoms with Gasteiger partial charge in [-0.15, -0.1) is 24.0 Å². The maximum atomic E-state index is 11.7. The largest absolute Gasteiger partial charge is 0.488 e. The van der Waals surface area contributed by atoms with Gasteiger partial charge in [0.1, 0.15) is 18.4 Å². The van der Waals surface area contributed by atoms with Crippen LogP contribution in [0.4, 0.5) is 0 Å². The number of hydrogen-bond acceptors (Lipinski definition) is 3. The van der Waals surface area contributed by atoms with Crippen LogP contribution in [0, 0.1) is 0 Å². The topological polar surface area (TPSA) is 66.0 Å². The zero-order chi connectivity index (χ0) is 18.7. The normalized spacial score (nSPS) is 12.0. The van der Waals surface area contributed by atoms with Crippen molar-refractivity contribution in [2.45, 2.75) is 32.8 Å². The number of carbonyl (C=O) groups is 1. The van der Waals surface area contributed by atoms with Crippen molar-refractivity contribution >= 4 is 51.8 Å². The average molecular weight is 541 g/mol. The van der Waals surface area contributed by atoms with Crippen LogP contribution in [-0.4, -0.2) is 56.6 Å². The van der Waals surface area contributed by atoms with Gasteiger partial charge in [-0.3, -0.25) is 4.79 Å². The van der Waals surface area contributed by atoms with E-state index < -0.39 is 0 Å². The Kier molecular flexibility index (Phi) is 13.5. The fraction of sp³-hybridized carbons (Fsp3) is 0.556. The molecule has 1 aromatic carbocycles. The summed E-state index contributed by atoms with van der Waals surface area (Å²) < 4.78 is 6.84. The SMILES string of the molecule is CCCCNC(=NCC(=O)N(C)C)NCC(C)Oc1ccccc1Br.I. The number of benzene rings is 1. The number of nitrogens with zero attached hydrogens (tertiary/aromatic N) is 2. The summed E-state index contributed by atoms with van der Waals surface area (Å²) in [5.74, 6) is 1.40. The first-order valence-electron chi connectivity index (χ1n) is 8.57. The van der Waals surface area contributed by atoms with E-state index in [2.05, 4.69) is 38.5 Å². The number of aliphatic imine (C=N–C) groups is 1.